The van der Waals surface area contributed by atoms with E-state index in [4.69, 9.17) is 40.2 Å². The Morgan fingerprint density at radius 3 is 2.70 bits per heavy atom. The number of benzene rings is 2. The number of nitrogens with one attached hydrogen (secondary N) is 2. The van der Waals surface area contributed by atoms with Crippen molar-refractivity contribution in [2.45, 2.75) is 25.9 Å². The molecule has 3 rings (SSSR count). The number of carbonyl (C=O) groups excluding carboxylic acids is 1. The second-order valence-corrected chi connectivity index (χ2v) is 8.06. The van der Waals surface area contributed by atoms with E-state index in [0.29, 0.717) is 50.9 Å². The quantitative estimate of drug-likeness (QED) is 0.384. The van der Waals surface area contributed by atoms with Gasteiger partial charge in [0.05, 0.1) is 27.0 Å². The fourth-order valence-electron chi connectivity index (χ4n) is 3.11. The van der Waals surface area contributed by atoms with Gasteiger partial charge in [-0.2, -0.15) is 0 Å². The number of aromatic nitrogens is 2. The summed E-state index contributed by atoms with van der Waals surface area (Å²) in [5.74, 6) is -0.279. The molecule has 6 nitrogen and oxygen atoms in total. The predicted molar refractivity (Wildman–Crippen MR) is 122 cm³/mol. The van der Waals surface area contributed by atoms with Crippen molar-refractivity contribution in [3.63, 3.8) is 0 Å². The molecule has 158 valence electrons. The zero-order valence-corrected chi connectivity index (χ0v) is 18.8. The van der Waals surface area contributed by atoms with Crippen LogP contribution >= 0.6 is 35.4 Å². The van der Waals surface area contributed by atoms with Gasteiger partial charge in [0.1, 0.15) is 0 Å². The van der Waals surface area contributed by atoms with Crippen molar-refractivity contribution in [2.75, 3.05) is 13.7 Å². The second kappa shape index (κ2) is 9.75. The molecule has 0 saturated heterocycles. The maximum atomic E-state index is 12.8. The number of amides is 1. The smallest absolute Gasteiger partial charge is 0.262 e. The van der Waals surface area contributed by atoms with E-state index in [1.807, 2.05) is 13.0 Å². The molecule has 2 N–H and O–H groups in total. The molecule has 2 aromatic carbocycles. The summed E-state index contributed by atoms with van der Waals surface area (Å²) in [6.45, 7) is 2.85. The molecular formula is C21H21Cl2N3O3S. The van der Waals surface area contributed by atoms with E-state index >= 15 is 0 Å². The van der Waals surface area contributed by atoms with Gasteiger partial charge >= 0.3 is 0 Å². The fraction of sp³-hybridized carbons (Fsp3) is 0.286. The number of aromatic amines is 1. The van der Waals surface area contributed by atoms with Crippen LogP contribution in [0.2, 0.25) is 10.0 Å². The third kappa shape index (κ3) is 4.92. The number of halogens is 2. The van der Waals surface area contributed by atoms with Crippen molar-refractivity contribution in [1.29, 1.82) is 0 Å². The van der Waals surface area contributed by atoms with Gasteiger partial charge in [0.25, 0.3) is 11.5 Å². The zero-order valence-electron chi connectivity index (χ0n) is 16.5. The number of H-pyrrole nitrogens is 1. The Balaban J connectivity index is 1.84. The van der Waals surface area contributed by atoms with Crippen LogP contribution < -0.4 is 10.9 Å². The molecule has 0 radical (unpaired) electrons. The Hall–Kier alpha value is -2.19. The molecule has 0 bridgehead atoms. The minimum Gasteiger partial charge on any atom is -0.385 e. The number of ether oxygens (including phenoxy) is 1. The molecule has 0 aliphatic heterocycles. The molecule has 3 aromatic rings. The molecule has 1 amide bonds. The van der Waals surface area contributed by atoms with E-state index < -0.39 is 0 Å². The third-order valence-electron chi connectivity index (χ3n) is 4.77. The number of fused-ring (bicyclic) bond motifs is 1. The standard InChI is InChI=1S/C21H21Cl2N3O3S/c1-12(13-5-7-16(22)17(23)10-13)24-19(27)14-4-6-15-18(11-14)25-21(30)26(20(15)28)8-3-9-29-2/h4-7,10-12H,3,8-9H2,1-2H3,(H,24,27)(H,25,30)/t12-/m1/s1. The fourth-order valence-corrected chi connectivity index (χ4v) is 3.70. The highest BCUT2D eigenvalue weighted by atomic mass is 35.5. The summed E-state index contributed by atoms with van der Waals surface area (Å²) < 4.78 is 6.84. The lowest BCUT2D eigenvalue weighted by atomic mass is 10.1. The number of carbonyl (C=O) groups is 1. The van der Waals surface area contributed by atoms with Crippen molar-refractivity contribution in [1.82, 2.24) is 14.9 Å². The van der Waals surface area contributed by atoms with E-state index in [1.54, 1.807) is 37.4 Å². The predicted octanol–water partition coefficient (Wildman–Crippen LogP) is 4.89. The number of rotatable bonds is 7. The molecule has 0 saturated carbocycles. The highest BCUT2D eigenvalue weighted by Gasteiger charge is 2.14. The SMILES string of the molecule is COCCCn1c(=S)[nH]c2cc(C(=O)N[C@H](C)c3ccc(Cl)c(Cl)c3)ccc2c1=O. The average molecular weight is 466 g/mol. The summed E-state index contributed by atoms with van der Waals surface area (Å²) in [6.07, 6.45) is 0.673. The van der Waals surface area contributed by atoms with Crippen LogP contribution in [-0.2, 0) is 11.3 Å². The molecule has 30 heavy (non-hydrogen) atoms. The molecule has 0 spiro atoms. The van der Waals surface area contributed by atoms with Crippen LogP contribution in [0.4, 0.5) is 0 Å². The first-order valence-electron chi connectivity index (χ1n) is 9.33. The van der Waals surface area contributed by atoms with Gasteiger partial charge in [-0.15, -0.1) is 0 Å². The van der Waals surface area contributed by atoms with Crippen LogP contribution in [-0.4, -0.2) is 29.2 Å². The topological polar surface area (TPSA) is 76.1 Å². The van der Waals surface area contributed by atoms with Gasteiger partial charge in [-0.1, -0.05) is 29.3 Å². The maximum absolute atomic E-state index is 12.8. The summed E-state index contributed by atoms with van der Waals surface area (Å²) in [4.78, 5) is 28.5. The molecule has 0 fully saturated rings. The Labute approximate surface area is 188 Å². The summed E-state index contributed by atoms with van der Waals surface area (Å²) in [7, 11) is 1.61. The largest absolute Gasteiger partial charge is 0.385 e. The molecule has 1 atom stereocenters. The van der Waals surface area contributed by atoms with Gasteiger partial charge in [0.15, 0.2) is 4.77 Å². The van der Waals surface area contributed by atoms with Crippen LogP contribution in [0.3, 0.4) is 0 Å². The van der Waals surface area contributed by atoms with E-state index in [2.05, 4.69) is 10.3 Å². The molecule has 1 heterocycles. The summed E-state index contributed by atoms with van der Waals surface area (Å²) >= 11 is 17.3. The highest BCUT2D eigenvalue weighted by molar-refractivity contribution is 7.71. The first kappa shape index (κ1) is 22.5. The van der Waals surface area contributed by atoms with Crippen LogP contribution in [0, 0.1) is 4.77 Å². The highest BCUT2D eigenvalue weighted by Crippen LogP contribution is 2.25. The van der Waals surface area contributed by atoms with E-state index in [1.165, 1.54) is 4.57 Å². The van der Waals surface area contributed by atoms with E-state index in [0.717, 1.165) is 5.56 Å². The van der Waals surface area contributed by atoms with Crippen molar-refractivity contribution in [2.24, 2.45) is 0 Å². The lowest BCUT2D eigenvalue weighted by molar-refractivity contribution is 0.0940. The number of hydrogen-bond acceptors (Lipinski definition) is 4. The minimum absolute atomic E-state index is 0.194. The minimum atomic E-state index is -0.282. The molecule has 0 unspecified atom stereocenters. The van der Waals surface area contributed by atoms with Gasteiger partial charge in [-0.3, -0.25) is 14.2 Å². The Morgan fingerprint density at radius 2 is 2.00 bits per heavy atom. The lowest BCUT2D eigenvalue weighted by Crippen LogP contribution is -2.27. The van der Waals surface area contributed by atoms with Crippen molar-refractivity contribution in [3.8, 4) is 0 Å². The van der Waals surface area contributed by atoms with Gasteiger partial charge < -0.3 is 15.0 Å². The number of nitrogens with zero attached hydrogens (tertiary/aromatic N) is 1. The van der Waals surface area contributed by atoms with Gasteiger partial charge in [0, 0.05) is 25.8 Å². The normalized spacial score (nSPS) is 12.1. The first-order valence-corrected chi connectivity index (χ1v) is 10.5. The van der Waals surface area contributed by atoms with Crippen LogP contribution in [0.5, 0.6) is 0 Å². The molecule has 1 aromatic heterocycles. The van der Waals surface area contributed by atoms with Crippen molar-refractivity contribution in [3.05, 3.63) is 72.7 Å². The van der Waals surface area contributed by atoms with Crippen LogP contribution in [0.1, 0.15) is 35.3 Å². The van der Waals surface area contributed by atoms with Crippen LogP contribution in [0.15, 0.2) is 41.2 Å². The summed E-state index contributed by atoms with van der Waals surface area (Å²) in [5, 5.41) is 4.27. The summed E-state index contributed by atoms with van der Waals surface area (Å²) in [5.41, 5.74) is 1.57. The monoisotopic (exact) mass is 465 g/mol. The third-order valence-corrected chi connectivity index (χ3v) is 5.83. The first-order chi connectivity index (χ1) is 14.3. The van der Waals surface area contributed by atoms with Gasteiger partial charge in [0.2, 0.25) is 0 Å². The molecule has 0 aliphatic rings. The second-order valence-electron chi connectivity index (χ2n) is 6.86. The number of methoxy groups -OCH3 is 1. The Bertz CT molecular complexity index is 1210. The molecule has 0 aliphatic carbocycles. The van der Waals surface area contributed by atoms with E-state index in [-0.39, 0.29) is 17.5 Å². The molecule has 9 heteroatoms. The van der Waals surface area contributed by atoms with Gasteiger partial charge in [-0.25, -0.2) is 0 Å². The Kier molecular flexibility index (Phi) is 7.31. The summed E-state index contributed by atoms with van der Waals surface area (Å²) in [6, 6.07) is 9.82. The van der Waals surface area contributed by atoms with Crippen LogP contribution in [0.25, 0.3) is 10.9 Å². The Morgan fingerprint density at radius 1 is 1.23 bits per heavy atom. The average Bonchev–Trinajstić information content (AvgIpc) is 2.72. The van der Waals surface area contributed by atoms with Gasteiger partial charge in [-0.05, 0) is 61.5 Å². The van der Waals surface area contributed by atoms with Crippen molar-refractivity contribution < 1.29 is 9.53 Å². The maximum Gasteiger partial charge on any atom is 0.262 e. The van der Waals surface area contributed by atoms with Crippen molar-refractivity contribution >= 4 is 52.2 Å². The molecular weight excluding hydrogens is 445 g/mol. The number of hydrogen-bond donors (Lipinski definition) is 2. The van der Waals surface area contributed by atoms with E-state index in [9.17, 15) is 9.59 Å². The zero-order chi connectivity index (χ0) is 21.8. The lowest BCUT2D eigenvalue weighted by Gasteiger charge is -2.15.